The van der Waals surface area contributed by atoms with Gasteiger partial charge in [-0.3, -0.25) is 14.9 Å². The molecule has 2 aromatic carbocycles. The molecule has 0 saturated carbocycles. The Kier molecular flexibility index (Phi) is 6.48. The van der Waals surface area contributed by atoms with Crippen molar-refractivity contribution >= 4 is 23.3 Å². The third-order valence-electron chi connectivity index (χ3n) is 3.82. The third-order valence-corrected chi connectivity index (χ3v) is 3.82. The van der Waals surface area contributed by atoms with Crippen LogP contribution in [0, 0.1) is 24.0 Å². The largest absolute Gasteiger partial charge is 0.484 e. The molecular formula is C19H20N2O6. The van der Waals surface area contributed by atoms with E-state index in [1.807, 2.05) is 0 Å². The van der Waals surface area contributed by atoms with E-state index < -0.39 is 16.8 Å². The first-order chi connectivity index (χ1) is 12.8. The van der Waals surface area contributed by atoms with E-state index in [2.05, 4.69) is 5.32 Å². The first-order valence-corrected chi connectivity index (χ1v) is 8.27. The normalized spacial score (nSPS) is 10.2. The van der Waals surface area contributed by atoms with Gasteiger partial charge in [-0.2, -0.15) is 0 Å². The molecule has 0 heterocycles. The smallest absolute Gasteiger partial charge is 0.338 e. The summed E-state index contributed by atoms with van der Waals surface area (Å²) in [6.45, 7) is 5.23. The second-order valence-corrected chi connectivity index (χ2v) is 5.79. The van der Waals surface area contributed by atoms with Crippen LogP contribution in [-0.2, 0) is 9.53 Å². The Hall–Kier alpha value is -3.42. The first-order valence-electron chi connectivity index (χ1n) is 8.27. The average Bonchev–Trinajstić information content (AvgIpc) is 2.63. The Morgan fingerprint density at radius 1 is 1.11 bits per heavy atom. The predicted octanol–water partition coefficient (Wildman–Crippen LogP) is 3.41. The molecule has 0 atom stereocenters. The predicted molar refractivity (Wildman–Crippen MR) is 99.1 cm³/mol. The van der Waals surface area contributed by atoms with Gasteiger partial charge >= 0.3 is 5.97 Å². The Balaban J connectivity index is 2.00. The van der Waals surface area contributed by atoms with Crippen LogP contribution in [0.4, 0.5) is 11.4 Å². The molecule has 0 aliphatic heterocycles. The van der Waals surface area contributed by atoms with Crippen molar-refractivity contribution in [2.45, 2.75) is 20.8 Å². The van der Waals surface area contributed by atoms with Gasteiger partial charge in [0.05, 0.1) is 17.1 Å². The van der Waals surface area contributed by atoms with Gasteiger partial charge in [-0.15, -0.1) is 0 Å². The Bertz CT molecular complexity index is 861. The summed E-state index contributed by atoms with van der Waals surface area (Å²) in [5.41, 5.74) is 1.91. The van der Waals surface area contributed by atoms with Crippen molar-refractivity contribution in [1.29, 1.82) is 0 Å². The van der Waals surface area contributed by atoms with Crippen LogP contribution in [0.3, 0.4) is 0 Å². The fourth-order valence-corrected chi connectivity index (χ4v) is 2.29. The summed E-state index contributed by atoms with van der Waals surface area (Å²) in [4.78, 5) is 34.3. The van der Waals surface area contributed by atoms with E-state index in [9.17, 15) is 19.7 Å². The van der Waals surface area contributed by atoms with Gasteiger partial charge in [0, 0.05) is 6.07 Å². The van der Waals surface area contributed by atoms with E-state index in [0.29, 0.717) is 11.3 Å². The van der Waals surface area contributed by atoms with E-state index >= 15 is 0 Å². The second-order valence-electron chi connectivity index (χ2n) is 5.79. The number of aryl methyl sites for hydroxylation is 2. The molecule has 0 spiro atoms. The minimum absolute atomic E-state index is 0.120. The lowest BCUT2D eigenvalue weighted by atomic mass is 10.1. The molecule has 0 saturated heterocycles. The number of nitro groups is 1. The maximum Gasteiger partial charge on any atom is 0.338 e. The fourth-order valence-electron chi connectivity index (χ4n) is 2.29. The van der Waals surface area contributed by atoms with Crippen LogP contribution in [-0.4, -0.2) is 30.0 Å². The molecule has 0 aliphatic rings. The van der Waals surface area contributed by atoms with Crippen LogP contribution in [0.15, 0.2) is 36.4 Å². The average molecular weight is 372 g/mol. The molecular weight excluding hydrogens is 352 g/mol. The monoisotopic (exact) mass is 372 g/mol. The van der Waals surface area contributed by atoms with Gasteiger partial charge in [0.2, 0.25) is 0 Å². The number of rotatable bonds is 7. The number of anilines is 1. The van der Waals surface area contributed by atoms with E-state index in [4.69, 9.17) is 9.47 Å². The number of ether oxygens (including phenoxy) is 2. The number of hydrogen-bond donors (Lipinski definition) is 1. The molecule has 8 nitrogen and oxygen atoms in total. The van der Waals surface area contributed by atoms with Gasteiger partial charge in [0.15, 0.2) is 6.61 Å². The van der Waals surface area contributed by atoms with E-state index in [1.165, 1.54) is 30.3 Å². The van der Waals surface area contributed by atoms with Gasteiger partial charge in [-0.1, -0.05) is 0 Å². The van der Waals surface area contributed by atoms with Gasteiger partial charge in [-0.25, -0.2) is 4.79 Å². The van der Waals surface area contributed by atoms with Crippen molar-refractivity contribution in [3.05, 3.63) is 63.2 Å². The Labute approximate surface area is 156 Å². The Morgan fingerprint density at radius 3 is 2.33 bits per heavy atom. The molecule has 0 aromatic heterocycles. The van der Waals surface area contributed by atoms with Crippen molar-refractivity contribution < 1.29 is 24.0 Å². The molecule has 8 heteroatoms. The maximum atomic E-state index is 12.1. The molecule has 142 valence electrons. The van der Waals surface area contributed by atoms with Gasteiger partial charge in [0.25, 0.3) is 11.6 Å². The molecule has 1 N–H and O–H groups in total. The van der Waals surface area contributed by atoms with E-state index in [-0.39, 0.29) is 24.6 Å². The highest BCUT2D eigenvalue weighted by molar-refractivity contribution is 5.94. The van der Waals surface area contributed by atoms with Gasteiger partial charge in [-0.05, 0) is 62.2 Å². The first kappa shape index (κ1) is 19.9. The lowest BCUT2D eigenvalue weighted by Gasteiger charge is -2.10. The molecule has 1 amide bonds. The van der Waals surface area contributed by atoms with Crippen molar-refractivity contribution in [2.24, 2.45) is 0 Å². The van der Waals surface area contributed by atoms with Crippen LogP contribution in [0.1, 0.15) is 28.4 Å². The summed E-state index contributed by atoms with van der Waals surface area (Å²) in [6.07, 6.45) is 0. The third kappa shape index (κ3) is 5.27. The number of carbonyl (C=O) groups excluding carboxylic acids is 2. The van der Waals surface area contributed by atoms with Crippen molar-refractivity contribution in [1.82, 2.24) is 0 Å². The van der Waals surface area contributed by atoms with E-state index in [1.54, 1.807) is 26.8 Å². The number of amides is 1. The summed E-state index contributed by atoms with van der Waals surface area (Å²) < 4.78 is 10.2. The highest BCUT2D eigenvalue weighted by Gasteiger charge is 2.18. The highest BCUT2D eigenvalue weighted by Crippen LogP contribution is 2.27. The van der Waals surface area contributed by atoms with Gasteiger partial charge < -0.3 is 14.8 Å². The standard InChI is InChI=1S/C19H20N2O6/c1-4-26-19(23)14-5-7-15(8-6-14)27-11-18(22)20-16-9-12(2)13(3)10-17(16)21(24)25/h5-10H,4,11H2,1-3H3,(H,20,22). The van der Waals surface area contributed by atoms with Crippen molar-refractivity contribution in [3.63, 3.8) is 0 Å². The van der Waals surface area contributed by atoms with E-state index in [0.717, 1.165) is 11.1 Å². The molecule has 0 bridgehead atoms. The zero-order chi connectivity index (χ0) is 20.0. The van der Waals surface area contributed by atoms with Crippen LogP contribution >= 0.6 is 0 Å². The van der Waals surface area contributed by atoms with Crippen LogP contribution in [0.2, 0.25) is 0 Å². The number of hydrogen-bond acceptors (Lipinski definition) is 6. The van der Waals surface area contributed by atoms with Gasteiger partial charge in [0.1, 0.15) is 11.4 Å². The van der Waals surface area contributed by atoms with Crippen LogP contribution in [0.25, 0.3) is 0 Å². The lowest BCUT2D eigenvalue weighted by molar-refractivity contribution is -0.384. The summed E-state index contributed by atoms with van der Waals surface area (Å²) in [5, 5.41) is 13.7. The number of nitrogens with one attached hydrogen (secondary N) is 1. The quantitative estimate of drug-likeness (QED) is 0.453. The summed E-state index contributed by atoms with van der Waals surface area (Å²) >= 11 is 0. The van der Waals surface area contributed by atoms with Crippen LogP contribution in [0.5, 0.6) is 5.75 Å². The molecule has 0 aliphatic carbocycles. The summed E-state index contributed by atoms with van der Waals surface area (Å²) in [6, 6.07) is 9.11. The molecule has 0 fully saturated rings. The minimum Gasteiger partial charge on any atom is -0.484 e. The number of nitrogens with zero attached hydrogens (tertiary/aromatic N) is 1. The summed E-state index contributed by atoms with van der Waals surface area (Å²) in [5.74, 6) is -0.590. The highest BCUT2D eigenvalue weighted by atomic mass is 16.6. The number of carbonyl (C=O) groups is 2. The Morgan fingerprint density at radius 2 is 1.74 bits per heavy atom. The maximum absolute atomic E-state index is 12.1. The number of benzene rings is 2. The zero-order valence-electron chi connectivity index (χ0n) is 15.3. The van der Waals surface area contributed by atoms with Crippen LogP contribution < -0.4 is 10.1 Å². The topological polar surface area (TPSA) is 108 Å². The number of esters is 1. The summed E-state index contributed by atoms with van der Waals surface area (Å²) in [7, 11) is 0. The van der Waals surface area contributed by atoms with Crippen molar-refractivity contribution in [3.8, 4) is 5.75 Å². The minimum atomic E-state index is -0.545. The zero-order valence-corrected chi connectivity index (χ0v) is 15.3. The molecule has 0 unspecified atom stereocenters. The molecule has 27 heavy (non-hydrogen) atoms. The SMILES string of the molecule is CCOC(=O)c1ccc(OCC(=O)Nc2cc(C)c(C)cc2[N+](=O)[O-])cc1. The molecule has 2 rings (SSSR count). The lowest BCUT2D eigenvalue weighted by Crippen LogP contribution is -2.21. The second kappa shape index (κ2) is 8.79. The fraction of sp³-hybridized carbons (Fsp3) is 0.263. The molecule has 0 radical (unpaired) electrons. The van der Waals surface area contributed by atoms with Crippen molar-refractivity contribution in [2.75, 3.05) is 18.5 Å². The molecule has 2 aromatic rings. The number of nitro benzene ring substituents is 1.